The van der Waals surface area contributed by atoms with E-state index < -0.39 is 0 Å². The largest absolute Gasteiger partial charge is 0.375 e. The third kappa shape index (κ3) is 3.74. The second-order valence-electron chi connectivity index (χ2n) is 4.40. The van der Waals surface area contributed by atoms with Gasteiger partial charge in [0.2, 0.25) is 0 Å². The lowest BCUT2D eigenvalue weighted by molar-refractivity contribution is 0.0950. The molecule has 2 heterocycles. The minimum Gasteiger partial charge on any atom is -0.375 e. The molecule has 2 aromatic rings. The van der Waals surface area contributed by atoms with Gasteiger partial charge in [0.05, 0.1) is 10.7 Å². The van der Waals surface area contributed by atoms with Crippen LogP contribution in [0.4, 0.5) is 5.13 Å². The molecule has 0 bridgehead atoms. The van der Waals surface area contributed by atoms with E-state index in [0.29, 0.717) is 23.3 Å². The first-order valence-corrected chi connectivity index (χ1v) is 7.75. The highest BCUT2D eigenvalue weighted by Gasteiger charge is 2.10. The number of hydrogen-bond donors (Lipinski definition) is 2. The first kappa shape index (κ1) is 14.0. The van der Waals surface area contributed by atoms with E-state index in [1.165, 1.54) is 11.3 Å². The van der Waals surface area contributed by atoms with Crippen molar-refractivity contribution in [1.29, 1.82) is 0 Å². The summed E-state index contributed by atoms with van der Waals surface area (Å²) in [7, 11) is 0. The van der Waals surface area contributed by atoms with E-state index in [0.717, 1.165) is 17.1 Å². The van der Waals surface area contributed by atoms with Gasteiger partial charge in [-0.25, -0.2) is 9.97 Å². The van der Waals surface area contributed by atoms with Gasteiger partial charge in [0, 0.05) is 23.7 Å². The van der Waals surface area contributed by atoms with Gasteiger partial charge in [-0.3, -0.25) is 4.79 Å². The van der Waals surface area contributed by atoms with Crippen molar-refractivity contribution < 1.29 is 4.79 Å². The second kappa shape index (κ2) is 6.12. The van der Waals surface area contributed by atoms with Crippen molar-refractivity contribution in [2.75, 3.05) is 12.3 Å². The van der Waals surface area contributed by atoms with Crippen LogP contribution >= 0.6 is 22.7 Å². The molecule has 0 radical (unpaired) electrons. The Kier molecular flexibility index (Phi) is 4.49. The van der Waals surface area contributed by atoms with Gasteiger partial charge >= 0.3 is 0 Å². The molecule has 0 saturated carbocycles. The highest BCUT2D eigenvalue weighted by molar-refractivity contribution is 7.13. The van der Waals surface area contributed by atoms with Gasteiger partial charge in [-0.15, -0.1) is 22.7 Å². The lowest BCUT2D eigenvalue weighted by Crippen LogP contribution is -2.26. The first-order valence-electron chi connectivity index (χ1n) is 5.99. The smallest absolute Gasteiger partial charge is 0.270 e. The predicted octanol–water partition coefficient (Wildman–Crippen LogP) is 2.28. The first-order chi connectivity index (χ1) is 9.06. The number of amides is 1. The Morgan fingerprint density at radius 3 is 2.74 bits per heavy atom. The van der Waals surface area contributed by atoms with Crippen LogP contribution in [0.15, 0.2) is 10.8 Å². The minimum atomic E-state index is -0.186. The van der Waals surface area contributed by atoms with Crippen LogP contribution in [0.1, 0.15) is 41.0 Å². The fraction of sp³-hybridized carbons (Fsp3) is 0.417. The van der Waals surface area contributed by atoms with Crippen LogP contribution in [0.2, 0.25) is 0 Å². The number of carbonyl (C=O) groups is 1. The zero-order valence-corrected chi connectivity index (χ0v) is 12.5. The number of anilines is 1. The molecule has 102 valence electrons. The number of nitrogens with two attached hydrogens (primary N) is 1. The van der Waals surface area contributed by atoms with Gasteiger partial charge in [-0.1, -0.05) is 13.8 Å². The Morgan fingerprint density at radius 1 is 1.37 bits per heavy atom. The maximum absolute atomic E-state index is 11.7. The molecule has 0 aromatic carbocycles. The molecule has 2 rings (SSSR count). The Hall–Kier alpha value is -1.47. The van der Waals surface area contributed by atoms with Crippen LogP contribution in [-0.2, 0) is 6.42 Å². The number of nitrogens with zero attached hydrogens (tertiary/aromatic N) is 2. The van der Waals surface area contributed by atoms with Gasteiger partial charge in [0.25, 0.3) is 5.91 Å². The molecular weight excluding hydrogens is 280 g/mol. The Balaban J connectivity index is 1.81. The van der Waals surface area contributed by atoms with Gasteiger partial charge in [-0.05, 0) is 5.92 Å². The maximum atomic E-state index is 11.7. The summed E-state index contributed by atoms with van der Waals surface area (Å²) in [6, 6.07) is 0. The van der Waals surface area contributed by atoms with Crippen LogP contribution in [0.5, 0.6) is 0 Å². The third-order valence-corrected chi connectivity index (χ3v) is 4.14. The topological polar surface area (TPSA) is 80.9 Å². The van der Waals surface area contributed by atoms with Crippen molar-refractivity contribution in [3.63, 3.8) is 0 Å². The third-order valence-electron chi connectivity index (χ3n) is 2.54. The summed E-state index contributed by atoms with van der Waals surface area (Å²) >= 11 is 2.90. The molecule has 0 aliphatic carbocycles. The molecule has 5 nitrogen and oxygen atoms in total. The van der Waals surface area contributed by atoms with Crippen LogP contribution in [0, 0.1) is 0 Å². The highest BCUT2D eigenvalue weighted by Crippen LogP contribution is 2.17. The molecule has 3 N–H and O–H groups in total. The second-order valence-corrected chi connectivity index (χ2v) is 6.23. The molecule has 0 spiro atoms. The van der Waals surface area contributed by atoms with E-state index in [2.05, 4.69) is 34.5 Å². The number of nitrogen functional groups attached to an aromatic ring is 1. The number of nitrogens with one attached hydrogen (secondary N) is 1. The van der Waals surface area contributed by atoms with Crippen molar-refractivity contribution in [2.45, 2.75) is 26.2 Å². The van der Waals surface area contributed by atoms with Crippen molar-refractivity contribution in [1.82, 2.24) is 15.3 Å². The number of thiazole rings is 2. The van der Waals surface area contributed by atoms with E-state index in [-0.39, 0.29) is 5.91 Å². The van der Waals surface area contributed by atoms with Crippen LogP contribution < -0.4 is 11.1 Å². The van der Waals surface area contributed by atoms with Gasteiger partial charge in [0.1, 0.15) is 5.69 Å². The van der Waals surface area contributed by atoms with Crippen molar-refractivity contribution in [3.05, 3.63) is 27.2 Å². The molecule has 7 heteroatoms. The monoisotopic (exact) mass is 296 g/mol. The quantitative estimate of drug-likeness (QED) is 0.887. The molecule has 0 aliphatic rings. The zero-order chi connectivity index (χ0) is 13.8. The summed E-state index contributed by atoms with van der Waals surface area (Å²) < 4.78 is 0. The standard InChI is InChI=1S/C12H16N4OS2/c1-7(2)8-5-18-10(15-8)3-4-14-11(17)9-6-19-12(13)16-9/h5-7H,3-4H2,1-2H3,(H2,13,16)(H,14,17). The molecule has 0 unspecified atom stereocenters. The lowest BCUT2D eigenvalue weighted by atomic mass is 10.2. The van der Waals surface area contributed by atoms with E-state index in [1.54, 1.807) is 16.7 Å². The summed E-state index contributed by atoms with van der Waals surface area (Å²) in [6.45, 7) is 4.79. The number of rotatable bonds is 5. The van der Waals surface area contributed by atoms with E-state index in [4.69, 9.17) is 5.73 Å². The summed E-state index contributed by atoms with van der Waals surface area (Å²) in [5.41, 5.74) is 6.98. The van der Waals surface area contributed by atoms with Crippen molar-refractivity contribution >= 4 is 33.7 Å². The molecule has 2 aromatic heterocycles. The van der Waals surface area contributed by atoms with Crippen molar-refractivity contribution in [2.24, 2.45) is 0 Å². The van der Waals surface area contributed by atoms with E-state index in [9.17, 15) is 4.79 Å². The van der Waals surface area contributed by atoms with Gasteiger partial charge < -0.3 is 11.1 Å². The van der Waals surface area contributed by atoms with E-state index in [1.807, 2.05) is 0 Å². The minimum absolute atomic E-state index is 0.186. The molecule has 0 atom stereocenters. The fourth-order valence-corrected chi connectivity index (χ4v) is 2.97. The molecule has 0 saturated heterocycles. The number of aromatic nitrogens is 2. The Labute approximate surface area is 119 Å². The highest BCUT2D eigenvalue weighted by atomic mass is 32.1. The van der Waals surface area contributed by atoms with Crippen LogP contribution in [0.3, 0.4) is 0 Å². The van der Waals surface area contributed by atoms with E-state index >= 15 is 0 Å². The normalized spacial score (nSPS) is 10.9. The summed E-state index contributed by atoms with van der Waals surface area (Å²) in [4.78, 5) is 20.2. The van der Waals surface area contributed by atoms with Crippen LogP contribution in [-0.4, -0.2) is 22.4 Å². The maximum Gasteiger partial charge on any atom is 0.270 e. The molecule has 0 aliphatic heterocycles. The number of carbonyl (C=O) groups excluding carboxylic acids is 1. The summed E-state index contributed by atoms with van der Waals surface area (Å²) in [5, 5.41) is 8.00. The lowest BCUT2D eigenvalue weighted by Gasteiger charge is -2.01. The average molecular weight is 296 g/mol. The number of hydrogen-bond acceptors (Lipinski definition) is 6. The average Bonchev–Trinajstić information content (AvgIpc) is 2.98. The fourth-order valence-electron chi connectivity index (χ4n) is 1.47. The summed E-state index contributed by atoms with van der Waals surface area (Å²) in [6.07, 6.45) is 0.739. The molecule has 1 amide bonds. The zero-order valence-electron chi connectivity index (χ0n) is 10.8. The molecule has 19 heavy (non-hydrogen) atoms. The Bertz CT molecular complexity index is 562. The van der Waals surface area contributed by atoms with Gasteiger partial charge in [-0.2, -0.15) is 0 Å². The predicted molar refractivity (Wildman–Crippen MR) is 78.8 cm³/mol. The molecule has 0 fully saturated rings. The van der Waals surface area contributed by atoms with Crippen molar-refractivity contribution in [3.8, 4) is 0 Å². The molecular formula is C12H16N4OS2. The SMILES string of the molecule is CC(C)c1csc(CCNC(=O)c2csc(N)n2)n1. The summed E-state index contributed by atoms with van der Waals surface area (Å²) in [5.74, 6) is 0.256. The van der Waals surface area contributed by atoms with Crippen LogP contribution in [0.25, 0.3) is 0 Å². The van der Waals surface area contributed by atoms with Gasteiger partial charge in [0.15, 0.2) is 5.13 Å². The Morgan fingerprint density at radius 2 is 2.16 bits per heavy atom.